The number of nitrogen functional groups attached to an aromatic ring is 1. The number of hydrogen-bond acceptors (Lipinski definition) is 2. The molecule has 1 unspecified atom stereocenters. The van der Waals surface area contributed by atoms with E-state index in [0.717, 1.165) is 5.56 Å². The minimum atomic E-state index is -0.362. The van der Waals surface area contributed by atoms with E-state index < -0.39 is 0 Å². The standard InChI is InChI=1S/C16H17FN2O/c1-11(12-5-3-7-14(18)9-12)16(20)19(2)15-8-4-6-13(17)10-15/h3-11H,18H2,1-2H3. The lowest BCUT2D eigenvalue weighted by Crippen LogP contribution is -2.30. The second-order valence-corrected chi connectivity index (χ2v) is 4.77. The van der Waals surface area contributed by atoms with E-state index >= 15 is 0 Å². The number of amides is 1. The Labute approximate surface area is 117 Å². The average molecular weight is 272 g/mol. The average Bonchev–Trinajstić information content (AvgIpc) is 2.45. The molecule has 0 saturated carbocycles. The Morgan fingerprint density at radius 2 is 1.90 bits per heavy atom. The molecule has 2 rings (SSSR count). The van der Waals surface area contributed by atoms with Crippen LogP contribution in [-0.4, -0.2) is 13.0 Å². The van der Waals surface area contributed by atoms with Crippen LogP contribution in [0.5, 0.6) is 0 Å². The molecular formula is C16H17FN2O. The highest BCUT2D eigenvalue weighted by molar-refractivity contribution is 5.97. The number of benzene rings is 2. The minimum absolute atomic E-state index is 0.110. The van der Waals surface area contributed by atoms with Crippen LogP contribution in [0.2, 0.25) is 0 Å². The molecule has 2 aromatic carbocycles. The first-order chi connectivity index (χ1) is 9.49. The summed E-state index contributed by atoms with van der Waals surface area (Å²) in [4.78, 5) is 13.9. The molecule has 104 valence electrons. The van der Waals surface area contributed by atoms with E-state index in [4.69, 9.17) is 5.73 Å². The molecule has 2 aromatic rings. The molecule has 0 bridgehead atoms. The highest BCUT2D eigenvalue weighted by atomic mass is 19.1. The van der Waals surface area contributed by atoms with E-state index in [1.165, 1.54) is 17.0 Å². The monoisotopic (exact) mass is 272 g/mol. The van der Waals surface area contributed by atoms with Crippen molar-refractivity contribution in [3.63, 3.8) is 0 Å². The van der Waals surface area contributed by atoms with Gasteiger partial charge in [0.05, 0.1) is 5.92 Å². The van der Waals surface area contributed by atoms with Crippen LogP contribution >= 0.6 is 0 Å². The van der Waals surface area contributed by atoms with Crippen molar-refractivity contribution in [2.75, 3.05) is 17.7 Å². The molecule has 0 radical (unpaired) electrons. The van der Waals surface area contributed by atoms with Crippen molar-refractivity contribution in [1.82, 2.24) is 0 Å². The van der Waals surface area contributed by atoms with Gasteiger partial charge >= 0.3 is 0 Å². The maximum Gasteiger partial charge on any atom is 0.233 e. The quantitative estimate of drug-likeness (QED) is 0.872. The second kappa shape index (κ2) is 5.74. The summed E-state index contributed by atoms with van der Waals surface area (Å²) in [6.45, 7) is 1.81. The summed E-state index contributed by atoms with van der Waals surface area (Å²) in [6.07, 6.45) is 0. The van der Waals surface area contributed by atoms with E-state index in [1.54, 1.807) is 31.3 Å². The van der Waals surface area contributed by atoms with Crippen LogP contribution in [0.15, 0.2) is 48.5 Å². The predicted octanol–water partition coefficient (Wildman–Crippen LogP) is 3.17. The fourth-order valence-electron chi connectivity index (χ4n) is 2.07. The van der Waals surface area contributed by atoms with E-state index in [2.05, 4.69) is 0 Å². The highest BCUT2D eigenvalue weighted by Crippen LogP contribution is 2.23. The molecule has 0 aliphatic heterocycles. The van der Waals surface area contributed by atoms with Crippen LogP contribution in [0, 0.1) is 5.82 Å². The summed E-state index contributed by atoms with van der Waals surface area (Å²) < 4.78 is 13.2. The summed E-state index contributed by atoms with van der Waals surface area (Å²) in [7, 11) is 1.64. The van der Waals surface area contributed by atoms with Crippen LogP contribution < -0.4 is 10.6 Å². The number of halogens is 1. The van der Waals surface area contributed by atoms with Crippen molar-refractivity contribution in [1.29, 1.82) is 0 Å². The van der Waals surface area contributed by atoms with Crippen molar-refractivity contribution in [3.8, 4) is 0 Å². The van der Waals surface area contributed by atoms with Gasteiger partial charge in [0, 0.05) is 18.4 Å². The van der Waals surface area contributed by atoms with Crippen LogP contribution in [0.25, 0.3) is 0 Å². The summed E-state index contributed by atoms with van der Waals surface area (Å²) >= 11 is 0. The number of carbonyl (C=O) groups excluding carboxylic acids is 1. The maximum absolute atomic E-state index is 13.2. The molecule has 0 fully saturated rings. The van der Waals surface area contributed by atoms with Gasteiger partial charge in [-0.15, -0.1) is 0 Å². The largest absolute Gasteiger partial charge is 0.399 e. The third kappa shape index (κ3) is 2.96. The summed E-state index contributed by atoms with van der Waals surface area (Å²) in [5.74, 6) is -0.813. The van der Waals surface area contributed by atoms with Crippen LogP contribution in [-0.2, 0) is 4.79 Å². The number of nitrogens with two attached hydrogens (primary N) is 1. The smallest absolute Gasteiger partial charge is 0.233 e. The molecule has 20 heavy (non-hydrogen) atoms. The number of hydrogen-bond donors (Lipinski definition) is 1. The van der Waals surface area contributed by atoms with Gasteiger partial charge in [-0.3, -0.25) is 4.79 Å². The van der Waals surface area contributed by atoms with Gasteiger partial charge in [0.15, 0.2) is 0 Å². The summed E-state index contributed by atoms with van der Waals surface area (Å²) in [5.41, 5.74) is 7.73. The SMILES string of the molecule is CC(C(=O)N(C)c1cccc(F)c1)c1cccc(N)c1. The summed E-state index contributed by atoms with van der Waals surface area (Å²) in [6, 6.07) is 13.2. The first-order valence-corrected chi connectivity index (χ1v) is 6.37. The fourth-order valence-corrected chi connectivity index (χ4v) is 2.07. The van der Waals surface area contributed by atoms with Gasteiger partial charge in [-0.2, -0.15) is 0 Å². The molecule has 0 aliphatic rings. The predicted molar refractivity (Wildman–Crippen MR) is 79.1 cm³/mol. The fraction of sp³-hybridized carbons (Fsp3) is 0.188. The topological polar surface area (TPSA) is 46.3 Å². The number of nitrogens with zero attached hydrogens (tertiary/aromatic N) is 1. The van der Waals surface area contributed by atoms with Gasteiger partial charge in [-0.1, -0.05) is 18.2 Å². The van der Waals surface area contributed by atoms with Gasteiger partial charge in [-0.05, 0) is 42.8 Å². The lowest BCUT2D eigenvalue weighted by molar-refractivity contribution is -0.119. The zero-order chi connectivity index (χ0) is 14.7. The van der Waals surface area contributed by atoms with Gasteiger partial charge in [-0.25, -0.2) is 4.39 Å². The molecular weight excluding hydrogens is 255 g/mol. The number of anilines is 2. The Morgan fingerprint density at radius 3 is 2.55 bits per heavy atom. The molecule has 4 heteroatoms. The zero-order valence-corrected chi connectivity index (χ0v) is 11.5. The molecule has 0 heterocycles. The van der Waals surface area contributed by atoms with Crippen LogP contribution in [0.4, 0.5) is 15.8 Å². The van der Waals surface area contributed by atoms with E-state index in [-0.39, 0.29) is 17.6 Å². The van der Waals surface area contributed by atoms with E-state index in [0.29, 0.717) is 11.4 Å². The maximum atomic E-state index is 13.2. The third-order valence-electron chi connectivity index (χ3n) is 3.31. The van der Waals surface area contributed by atoms with Crippen LogP contribution in [0.3, 0.4) is 0 Å². The number of likely N-dealkylation sites (N-methyl/N-ethyl adjacent to an activating group) is 1. The molecule has 0 saturated heterocycles. The zero-order valence-electron chi connectivity index (χ0n) is 11.5. The highest BCUT2D eigenvalue weighted by Gasteiger charge is 2.20. The van der Waals surface area contributed by atoms with Crippen molar-refractivity contribution in [2.24, 2.45) is 0 Å². The van der Waals surface area contributed by atoms with Crippen LogP contribution in [0.1, 0.15) is 18.4 Å². The molecule has 0 aromatic heterocycles. The van der Waals surface area contributed by atoms with Crippen molar-refractivity contribution >= 4 is 17.3 Å². The van der Waals surface area contributed by atoms with Gasteiger partial charge < -0.3 is 10.6 Å². The molecule has 0 aliphatic carbocycles. The Hall–Kier alpha value is -2.36. The Morgan fingerprint density at radius 1 is 1.20 bits per heavy atom. The number of rotatable bonds is 3. The molecule has 2 N–H and O–H groups in total. The first kappa shape index (κ1) is 14.1. The molecule has 1 atom stereocenters. The Kier molecular flexibility index (Phi) is 4.03. The van der Waals surface area contributed by atoms with E-state index in [9.17, 15) is 9.18 Å². The first-order valence-electron chi connectivity index (χ1n) is 6.37. The minimum Gasteiger partial charge on any atom is -0.399 e. The second-order valence-electron chi connectivity index (χ2n) is 4.77. The normalized spacial score (nSPS) is 11.9. The Balaban J connectivity index is 2.22. The van der Waals surface area contributed by atoms with Crippen molar-refractivity contribution in [3.05, 3.63) is 59.9 Å². The van der Waals surface area contributed by atoms with Gasteiger partial charge in [0.25, 0.3) is 0 Å². The lowest BCUT2D eigenvalue weighted by atomic mass is 9.99. The van der Waals surface area contributed by atoms with Gasteiger partial charge in [0.2, 0.25) is 5.91 Å². The Bertz CT molecular complexity index is 574. The van der Waals surface area contributed by atoms with Gasteiger partial charge in [0.1, 0.15) is 5.82 Å². The van der Waals surface area contributed by atoms with Crippen molar-refractivity contribution in [2.45, 2.75) is 12.8 Å². The molecule has 0 spiro atoms. The third-order valence-corrected chi connectivity index (χ3v) is 3.31. The van der Waals surface area contributed by atoms with E-state index in [1.807, 2.05) is 19.1 Å². The van der Waals surface area contributed by atoms with Crippen molar-refractivity contribution < 1.29 is 9.18 Å². The summed E-state index contributed by atoms with van der Waals surface area (Å²) in [5, 5.41) is 0. The molecule has 3 nitrogen and oxygen atoms in total. The number of carbonyl (C=O) groups is 1. The lowest BCUT2D eigenvalue weighted by Gasteiger charge is -2.22. The molecule has 1 amide bonds.